The van der Waals surface area contributed by atoms with Gasteiger partial charge < -0.3 is 41.1 Å². The molecule has 1 fully saturated rings. The van der Waals surface area contributed by atoms with Gasteiger partial charge in [-0.15, -0.1) is 6.42 Å². The van der Waals surface area contributed by atoms with Gasteiger partial charge in [0.25, 0.3) is 11.9 Å². The Hall–Kier alpha value is -6.94. The number of rotatable bonds is 15. The first-order valence-electron chi connectivity index (χ1n) is 17.7. The fraction of sp³-hybridized carbons (Fsp3) is 0.333. The Morgan fingerprint density at radius 3 is 2.35 bits per heavy atom. The first-order chi connectivity index (χ1) is 26.9. The summed E-state index contributed by atoms with van der Waals surface area (Å²) >= 11 is 0. The van der Waals surface area contributed by atoms with E-state index in [1.165, 1.54) is 18.7 Å². The summed E-state index contributed by atoms with van der Waals surface area (Å²) in [4.78, 5) is 59.3. The van der Waals surface area contributed by atoms with Crippen LogP contribution in [0.4, 0.5) is 23.7 Å². The Bertz CT molecular complexity index is 2310. The van der Waals surface area contributed by atoms with Gasteiger partial charge in [0, 0.05) is 82.6 Å². The molecule has 0 atom stereocenters. The summed E-state index contributed by atoms with van der Waals surface area (Å²) in [5.41, 5.74) is 16.1. The number of unbranched alkanes of at least 4 members (excludes halogenated alkanes) is 1. The van der Waals surface area contributed by atoms with Crippen molar-refractivity contribution in [2.24, 2.45) is 0 Å². The van der Waals surface area contributed by atoms with Gasteiger partial charge in [-0.3, -0.25) is 9.59 Å². The molecule has 55 heavy (non-hydrogen) atoms. The number of anilines is 4. The monoisotopic (exact) mass is 745 g/mol. The summed E-state index contributed by atoms with van der Waals surface area (Å²) in [7, 11) is 0. The number of oxazole rings is 1. The standard InChI is InChI=1S/C36H39N15O4/c1-2-23-18-41-35(42-19-23)49-11-13-50(14-12-49)36-43-20-25(21-44-36)33(53)40-9-16-54-15-7-28(52)39-8-3-4-10-51-32-29(31(37)45-22-46-32)30(48-51)24-5-6-27-26(17-24)47-34(38)55-27/h1,5-6,17-22H,3-4,7-16H2,(H2,38,47)(H,39,52)(H,40,53)(H2,37,45,46). The zero-order valence-corrected chi connectivity index (χ0v) is 29.9. The van der Waals surface area contributed by atoms with Crippen molar-refractivity contribution in [1.82, 2.24) is 55.3 Å². The highest BCUT2D eigenvalue weighted by atomic mass is 16.5. The molecule has 0 bridgehead atoms. The predicted octanol–water partition coefficient (Wildman–Crippen LogP) is 1.42. The summed E-state index contributed by atoms with van der Waals surface area (Å²) in [5, 5.41) is 11.1. The second kappa shape index (κ2) is 16.8. The van der Waals surface area contributed by atoms with Gasteiger partial charge in [-0.1, -0.05) is 5.92 Å². The number of carbonyl (C=O) groups is 2. The smallest absolute Gasteiger partial charge is 0.292 e. The van der Waals surface area contributed by atoms with Crippen LogP contribution < -0.4 is 31.9 Å². The number of hydrogen-bond acceptors (Lipinski definition) is 16. The number of terminal acetylenes is 1. The van der Waals surface area contributed by atoms with Crippen LogP contribution in [-0.2, 0) is 16.1 Å². The maximum atomic E-state index is 12.6. The van der Waals surface area contributed by atoms with Gasteiger partial charge in [-0.05, 0) is 31.0 Å². The van der Waals surface area contributed by atoms with E-state index in [2.05, 4.69) is 56.3 Å². The van der Waals surface area contributed by atoms with Crippen molar-refractivity contribution in [2.75, 3.05) is 73.7 Å². The van der Waals surface area contributed by atoms with Crippen molar-refractivity contribution in [3.8, 4) is 23.6 Å². The topological polar surface area (TPSA) is 247 Å². The second-order valence-corrected chi connectivity index (χ2v) is 12.6. The lowest BCUT2D eigenvalue weighted by atomic mass is 10.1. The van der Waals surface area contributed by atoms with E-state index in [4.69, 9.17) is 32.1 Å². The van der Waals surface area contributed by atoms with E-state index in [-0.39, 0.29) is 44.0 Å². The Morgan fingerprint density at radius 1 is 0.891 bits per heavy atom. The van der Waals surface area contributed by atoms with Crippen molar-refractivity contribution in [1.29, 1.82) is 0 Å². The molecule has 0 unspecified atom stereocenters. The Balaban J connectivity index is 0.768. The molecule has 2 amide bonds. The van der Waals surface area contributed by atoms with Gasteiger partial charge in [0.15, 0.2) is 11.2 Å². The molecule has 1 saturated heterocycles. The summed E-state index contributed by atoms with van der Waals surface area (Å²) in [6.45, 7) is 4.57. The van der Waals surface area contributed by atoms with Crippen LogP contribution in [0, 0.1) is 12.3 Å². The molecular weight excluding hydrogens is 706 g/mol. The average molecular weight is 746 g/mol. The van der Waals surface area contributed by atoms with E-state index in [9.17, 15) is 9.59 Å². The third-order valence-electron chi connectivity index (χ3n) is 8.91. The third-order valence-corrected chi connectivity index (χ3v) is 8.91. The van der Waals surface area contributed by atoms with Crippen LogP contribution in [0.25, 0.3) is 33.4 Å². The van der Waals surface area contributed by atoms with E-state index < -0.39 is 0 Å². The highest BCUT2D eigenvalue weighted by Crippen LogP contribution is 2.32. The van der Waals surface area contributed by atoms with E-state index in [1.807, 2.05) is 17.0 Å². The molecule has 6 heterocycles. The number of piperazine rings is 1. The largest absolute Gasteiger partial charge is 0.424 e. The molecule has 0 radical (unpaired) electrons. The molecule has 0 spiro atoms. The molecule has 1 aliphatic heterocycles. The van der Waals surface area contributed by atoms with Crippen LogP contribution in [0.1, 0.15) is 35.2 Å². The zero-order valence-electron chi connectivity index (χ0n) is 29.9. The van der Waals surface area contributed by atoms with Crippen LogP contribution >= 0.6 is 0 Å². The molecule has 19 heteroatoms. The van der Waals surface area contributed by atoms with Crippen molar-refractivity contribution in [3.63, 3.8) is 0 Å². The van der Waals surface area contributed by atoms with E-state index >= 15 is 0 Å². The fourth-order valence-electron chi connectivity index (χ4n) is 6.06. The summed E-state index contributed by atoms with van der Waals surface area (Å²) < 4.78 is 12.7. The minimum Gasteiger partial charge on any atom is -0.424 e. The second-order valence-electron chi connectivity index (χ2n) is 12.6. The molecule has 282 valence electrons. The van der Waals surface area contributed by atoms with Crippen LogP contribution in [0.5, 0.6) is 0 Å². The summed E-state index contributed by atoms with van der Waals surface area (Å²) in [6, 6.07) is 5.57. The molecule has 6 N–H and O–H groups in total. The van der Waals surface area contributed by atoms with Crippen LogP contribution in [0.3, 0.4) is 0 Å². The van der Waals surface area contributed by atoms with Gasteiger partial charge in [-0.2, -0.15) is 10.1 Å². The van der Waals surface area contributed by atoms with Crippen LogP contribution in [0.15, 0.2) is 53.7 Å². The maximum absolute atomic E-state index is 12.6. The highest BCUT2D eigenvalue weighted by Gasteiger charge is 2.22. The molecule has 0 aliphatic carbocycles. The Kier molecular flexibility index (Phi) is 11.1. The number of nitrogens with one attached hydrogen (secondary N) is 2. The fourth-order valence-corrected chi connectivity index (χ4v) is 6.06. The first-order valence-corrected chi connectivity index (χ1v) is 17.7. The van der Waals surface area contributed by atoms with Crippen LogP contribution in [0.2, 0.25) is 0 Å². The number of nitrogens with zero attached hydrogens (tertiary/aromatic N) is 11. The molecule has 1 aliphatic rings. The summed E-state index contributed by atoms with van der Waals surface area (Å²) in [6.07, 6.45) is 14.7. The van der Waals surface area contributed by atoms with Gasteiger partial charge >= 0.3 is 0 Å². The number of benzene rings is 1. The normalized spacial score (nSPS) is 12.9. The minimum absolute atomic E-state index is 0.0878. The Morgan fingerprint density at radius 2 is 1.62 bits per heavy atom. The van der Waals surface area contributed by atoms with Gasteiger partial charge in [0.1, 0.15) is 23.4 Å². The average Bonchev–Trinajstić information content (AvgIpc) is 3.79. The number of aromatic nitrogens is 9. The molecule has 5 aromatic heterocycles. The van der Waals surface area contributed by atoms with Crippen molar-refractivity contribution >= 4 is 57.7 Å². The van der Waals surface area contributed by atoms with Gasteiger partial charge in [0.2, 0.25) is 17.8 Å². The van der Waals surface area contributed by atoms with E-state index in [1.54, 1.807) is 23.1 Å². The van der Waals surface area contributed by atoms with Crippen molar-refractivity contribution in [2.45, 2.75) is 25.8 Å². The predicted molar refractivity (Wildman–Crippen MR) is 204 cm³/mol. The number of carbonyl (C=O) groups excluding carboxylic acids is 2. The van der Waals surface area contributed by atoms with E-state index in [0.29, 0.717) is 95.9 Å². The lowest BCUT2D eigenvalue weighted by Gasteiger charge is -2.34. The highest BCUT2D eigenvalue weighted by molar-refractivity contribution is 5.99. The Labute approximate surface area is 314 Å². The minimum atomic E-state index is -0.306. The van der Waals surface area contributed by atoms with Crippen molar-refractivity contribution in [3.05, 3.63) is 60.4 Å². The quantitative estimate of drug-likeness (QED) is 0.0857. The SMILES string of the molecule is C#Cc1cnc(N2CCN(c3ncc(C(=O)NCCOCCC(=O)NCCCCn4nc(-c5ccc6oc(N)nc6c5)c5c(N)ncnc54)cn3)CC2)nc1. The number of hydrogen-bond donors (Lipinski definition) is 4. The lowest BCUT2D eigenvalue weighted by Crippen LogP contribution is -2.47. The molecule has 19 nitrogen and oxygen atoms in total. The molecular formula is C36H39N15O4. The maximum Gasteiger partial charge on any atom is 0.292 e. The summed E-state index contributed by atoms with van der Waals surface area (Å²) in [5.74, 6) is 3.60. The molecule has 7 rings (SSSR count). The molecule has 6 aromatic rings. The zero-order chi connectivity index (χ0) is 38.1. The van der Waals surface area contributed by atoms with Gasteiger partial charge in [-0.25, -0.2) is 34.6 Å². The number of fused-ring (bicyclic) bond motifs is 2. The molecule has 0 saturated carbocycles. The number of aryl methyl sites for hydroxylation is 1. The van der Waals surface area contributed by atoms with E-state index in [0.717, 1.165) is 18.4 Å². The van der Waals surface area contributed by atoms with Crippen LogP contribution in [-0.4, -0.2) is 109 Å². The number of nitrogen functional groups attached to an aromatic ring is 2. The number of amides is 2. The lowest BCUT2D eigenvalue weighted by molar-refractivity contribution is -0.122. The van der Waals surface area contributed by atoms with Gasteiger partial charge in [0.05, 0.1) is 29.7 Å². The number of nitrogens with two attached hydrogens (primary N) is 2. The van der Waals surface area contributed by atoms with Crippen molar-refractivity contribution < 1.29 is 18.7 Å². The first kappa shape index (κ1) is 36.4. The molecule has 1 aromatic carbocycles. The third kappa shape index (κ3) is 8.66. The number of ether oxygens (including phenoxy) is 1.